The number of nitrogens with zero attached hydrogens (tertiary/aromatic N) is 2. The van der Waals surface area contributed by atoms with E-state index in [0.29, 0.717) is 5.56 Å². The van der Waals surface area contributed by atoms with Gasteiger partial charge in [-0.3, -0.25) is 9.78 Å². The fraction of sp³-hybridized carbons (Fsp3) is 0.261. The molecular formula is C23H20F3N3O5. The number of nitrogens with one attached hydrogen (secondary N) is 1. The lowest BCUT2D eigenvalue weighted by atomic mass is 9.94. The maximum absolute atomic E-state index is 14.3. The summed E-state index contributed by atoms with van der Waals surface area (Å²) in [4.78, 5) is 20.6. The van der Waals surface area contributed by atoms with E-state index in [1.165, 1.54) is 18.5 Å². The van der Waals surface area contributed by atoms with E-state index in [9.17, 15) is 33.3 Å². The lowest BCUT2D eigenvalue weighted by Gasteiger charge is -2.37. The quantitative estimate of drug-likeness (QED) is 0.447. The SMILES string of the molecule is O=C(Nc1cnccc1C1CC(O)C(O)C(CO)O1)c1ccc(F)c(-c2c(F)cccc2F)n1. The van der Waals surface area contributed by atoms with Crippen molar-refractivity contribution in [3.05, 3.63) is 77.5 Å². The minimum atomic E-state index is -1.28. The van der Waals surface area contributed by atoms with Gasteiger partial charge in [0.25, 0.3) is 5.91 Å². The number of aromatic nitrogens is 2. The molecule has 0 radical (unpaired) electrons. The number of pyridine rings is 2. The topological polar surface area (TPSA) is 125 Å². The molecule has 0 bridgehead atoms. The first-order chi connectivity index (χ1) is 16.3. The summed E-state index contributed by atoms with van der Waals surface area (Å²) in [6.45, 7) is -0.531. The Kier molecular flexibility index (Phi) is 6.89. The number of carbonyl (C=O) groups excluding carboxylic acids is 1. The number of hydrogen-bond donors (Lipinski definition) is 4. The number of aliphatic hydroxyl groups is 3. The third-order valence-electron chi connectivity index (χ3n) is 5.48. The van der Waals surface area contributed by atoms with E-state index < -0.39 is 65.6 Å². The van der Waals surface area contributed by atoms with E-state index in [-0.39, 0.29) is 17.8 Å². The van der Waals surface area contributed by atoms with Crippen molar-refractivity contribution in [2.75, 3.05) is 11.9 Å². The number of hydrogen-bond acceptors (Lipinski definition) is 7. The van der Waals surface area contributed by atoms with Crippen LogP contribution in [0.5, 0.6) is 0 Å². The summed E-state index contributed by atoms with van der Waals surface area (Å²) >= 11 is 0. The van der Waals surface area contributed by atoms with E-state index in [1.54, 1.807) is 0 Å². The van der Waals surface area contributed by atoms with Crippen LogP contribution in [0.15, 0.2) is 48.8 Å². The first-order valence-corrected chi connectivity index (χ1v) is 10.3. The van der Waals surface area contributed by atoms with Crippen molar-refractivity contribution < 1.29 is 38.0 Å². The van der Waals surface area contributed by atoms with Crippen LogP contribution < -0.4 is 5.32 Å². The first-order valence-electron chi connectivity index (χ1n) is 10.3. The molecule has 8 nitrogen and oxygen atoms in total. The lowest BCUT2D eigenvalue weighted by Crippen LogP contribution is -2.47. The number of aliphatic hydroxyl groups excluding tert-OH is 3. The molecule has 178 valence electrons. The summed E-state index contributed by atoms with van der Waals surface area (Å²) < 4.78 is 48.3. The number of halogens is 3. The van der Waals surface area contributed by atoms with Crippen LogP contribution >= 0.6 is 0 Å². The molecule has 1 fully saturated rings. The molecule has 2 aromatic heterocycles. The number of benzene rings is 1. The summed E-state index contributed by atoms with van der Waals surface area (Å²) in [6.07, 6.45) is -1.57. The van der Waals surface area contributed by atoms with Gasteiger partial charge in [-0.15, -0.1) is 0 Å². The summed E-state index contributed by atoms with van der Waals surface area (Å²) in [6, 6.07) is 6.48. The Hall–Kier alpha value is -3.38. The molecule has 1 aliphatic rings. The third kappa shape index (κ3) is 4.64. The zero-order valence-electron chi connectivity index (χ0n) is 17.5. The fourth-order valence-electron chi connectivity index (χ4n) is 3.75. The van der Waals surface area contributed by atoms with Crippen LogP contribution in [-0.4, -0.2) is 56.1 Å². The number of anilines is 1. The molecule has 3 heterocycles. The number of carbonyl (C=O) groups is 1. The Balaban J connectivity index is 1.63. The second-order valence-corrected chi connectivity index (χ2v) is 7.68. The summed E-state index contributed by atoms with van der Waals surface area (Å²) in [7, 11) is 0. The fourth-order valence-corrected chi connectivity index (χ4v) is 3.75. The average Bonchev–Trinajstić information content (AvgIpc) is 2.82. The molecule has 11 heteroatoms. The van der Waals surface area contributed by atoms with Crippen molar-refractivity contribution in [1.82, 2.24) is 9.97 Å². The van der Waals surface area contributed by atoms with Crippen LogP contribution in [0.25, 0.3) is 11.3 Å². The molecule has 34 heavy (non-hydrogen) atoms. The van der Waals surface area contributed by atoms with E-state index in [4.69, 9.17) is 4.74 Å². The minimum absolute atomic E-state index is 0.0178. The standard InChI is InChI=1S/C23H20F3N3O5/c24-12-2-1-3-13(25)20(12)21-14(26)4-5-15(28-21)23(33)29-16-9-27-7-6-11(16)18-8-17(31)22(32)19(10-30)34-18/h1-7,9,17-19,22,30-32H,8,10H2,(H,29,33). The zero-order chi connectivity index (χ0) is 24.4. The van der Waals surface area contributed by atoms with Crippen molar-refractivity contribution in [2.24, 2.45) is 0 Å². The van der Waals surface area contributed by atoms with Crippen LogP contribution in [0.2, 0.25) is 0 Å². The molecule has 0 saturated carbocycles. The van der Waals surface area contributed by atoms with Crippen molar-refractivity contribution in [3.63, 3.8) is 0 Å². The lowest BCUT2D eigenvalue weighted by molar-refractivity contribution is -0.181. The highest BCUT2D eigenvalue weighted by molar-refractivity contribution is 6.03. The number of amides is 1. The van der Waals surface area contributed by atoms with E-state index in [0.717, 1.165) is 30.3 Å². The Bertz CT molecular complexity index is 1190. The molecule has 1 aromatic carbocycles. The van der Waals surface area contributed by atoms with E-state index in [2.05, 4.69) is 15.3 Å². The van der Waals surface area contributed by atoms with Gasteiger partial charge in [-0.1, -0.05) is 6.07 Å². The Morgan fingerprint density at radius 3 is 2.53 bits per heavy atom. The van der Waals surface area contributed by atoms with Crippen molar-refractivity contribution in [2.45, 2.75) is 30.8 Å². The first kappa shape index (κ1) is 23.8. The molecule has 4 rings (SSSR count). The van der Waals surface area contributed by atoms with Gasteiger partial charge in [-0.05, 0) is 30.3 Å². The third-order valence-corrected chi connectivity index (χ3v) is 5.48. The molecule has 1 amide bonds. The molecule has 0 aliphatic carbocycles. The normalized spacial score (nSPS) is 22.4. The highest BCUT2D eigenvalue weighted by Crippen LogP contribution is 2.35. The van der Waals surface area contributed by atoms with Gasteiger partial charge in [0.2, 0.25) is 0 Å². The maximum atomic E-state index is 14.3. The number of ether oxygens (including phenoxy) is 1. The Labute approximate surface area is 191 Å². The highest BCUT2D eigenvalue weighted by Gasteiger charge is 2.37. The zero-order valence-corrected chi connectivity index (χ0v) is 17.5. The summed E-state index contributed by atoms with van der Waals surface area (Å²) in [5.41, 5.74) is -1.11. The average molecular weight is 475 g/mol. The summed E-state index contributed by atoms with van der Waals surface area (Å²) in [5, 5.41) is 32.0. The van der Waals surface area contributed by atoms with Gasteiger partial charge in [0.15, 0.2) is 0 Å². The van der Waals surface area contributed by atoms with Crippen LogP contribution in [0.1, 0.15) is 28.6 Å². The molecule has 4 atom stereocenters. The second kappa shape index (κ2) is 9.85. The molecular weight excluding hydrogens is 455 g/mol. The molecule has 3 aromatic rings. The molecule has 0 spiro atoms. The predicted molar refractivity (Wildman–Crippen MR) is 113 cm³/mol. The monoisotopic (exact) mass is 475 g/mol. The highest BCUT2D eigenvalue weighted by atomic mass is 19.1. The molecule has 1 saturated heterocycles. The van der Waals surface area contributed by atoms with Crippen molar-refractivity contribution in [3.8, 4) is 11.3 Å². The van der Waals surface area contributed by atoms with Gasteiger partial charge in [-0.25, -0.2) is 18.2 Å². The molecule has 1 aliphatic heterocycles. The largest absolute Gasteiger partial charge is 0.394 e. The van der Waals surface area contributed by atoms with Gasteiger partial charge in [-0.2, -0.15) is 0 Å². The summed E-state index contributed by atoms with van der Waals surface area (Å²) in [5.74, 6) is -3.90. The molecule has 4 N–H and O–H groups in total. The Morgan fingerprint density at radius 2 is 1.82 bits per heavy atom. The smallest absolute Gasteiger partial charge is 0.274 e. The second-order valence-electron chi connectivity index (χ2n) is 7.68. The van der Waals surface area contributed by atoms with Gasteiger partial charge < -0.3 is 25.4 Å². The Morgan fingerprint density at radius 1 is 1.09 bits per heavy atom. The number of rotatable bonds is 5. The molecule has 4 unspecified atom stereocenters. The van der Waals surface area contributed by atoms with Crippen LogP contribution in [-0.2, 0) is 4.74 Å². The maximum Gasteiger partial charge on any atom is 0.274 e. The van der Waals surface area contributed by atoms with Crippen LogP contribution in [0.3, 0.4) is 0 Å². The van der Waals surface area contributed by atoms with Crippen molar-refractivity contribution in [1.29, 1.82) is 0 Å². The van der Waals surface area contributed by atoms with E-state index >= 15 is 0 Å². The van der Waals surface area contributed by atoms with Crippen LogP contribution in [0.4, 0.5) is 18.9 Å². The van der Waals surface area contributed by atoms with Crippen LogP contribution in [0, 0.1) is 17.5 Å². The van der Waals surface area contributed by atoms with Gasteiger partial charge in [0, 0.05) is 18.2 Å². The van der Waals surface area contributed by atoms with E-state index in [1.807, 2.05) is 0 Å². The van der Waals surface area contributed by atoms with Gasteiger partial charge in [0.1, 0.15) is 41.0 Å². The van der Waals surface area contributed by atoms with Crippen molar-refractivity contribution >= 4 is 11.6 Å². The van der Waals surface area contributed by atoms with Gasteiger partial charge >= 0.3 is 0 Å². The predicted octanol–water partition coefficient (Wildman–Crippen LogP) is 2.36. The minimum Gasteiger partial charge on any atom is -0.394 e. The van der Waals surface area contributed by atoms with Gasteiger partial charge in [0.05, 0.1) is 36.3 Å².